The Kier molecular flexibility index (Phi) is 6.47. The van der Waals surface area contributed by atoms with Crippen LogP contribution in [0.15, 0.2) is 36.4 Å². The number of aromatic nitrogens is 2. The number of hydrogen-bond donors (Lipinski definition) is 2. The van der Waals surface area contributed by atoms with Crippen molar-refractivity contribution in [3.63, 3.8) is 0 Å². The SMILES string of the molecule is COC(=O)N1c2ccc3c(nc(Nc4ccccc4OC)n3[C@H]3CC[C@H](C(=O)O)CC3)c2CC[C@@H]1C. The number of para-hydroxylation sites is 2. The number of carbonyl (C=O) groups is 2. The summed E-state index contributed by atoms with van der Waals surface area (Å²) in [4.78, 5) is 30.9. The molecule has 190 valence electrons. The van der Waals surface area contributed by atoms with Gasteiger partial charge in [0.1, 0.15) is 5.75 Å². The number of amides is 1. The van der Waals surface area contributed by atoms with Gasteiger partial charge in [0.25, 0.3) is 0 Å². The van der Waals surface area contributed by atoms with Crippen molar-refractivity contribution < 1.29 is 24.2 Å². The highest BCUT2D eigenvalue weighted by atomic mass is 16.5. The second-order valence-corrected chi connectivity index (χ2v) is 9.63. The van der Waals surface area contributed by atoms with Gasteiger partial charge in [-0.2, -0.15) is 0 Å². The molecule has 1 atom stereocenters. The fourth-order valence-corrected chi connectivity index (χ4v) is 5.68. The first kappa shape index (κ1) is 24.0. The summed E-state index contributed by atoms with van der Waals surface area (Å²) in [6, 6.07) is 11.8. The molecule has 9 heteroatoms. The Balaban J connectivity index is 1.63. The maximum Gasteiger partial charge on any atom is 0.414 e. The average Bonchev–Trinajstić information content (AvgIpc) is 3.26. The minimum atomic E-state index is -0.720. The van der Waals surface area contributed by atoms with E-state index in [1.54, 1.807) is 12.0 Å². The average molecular weight is 493 g/mol. The van der Waals surface area contributed by atoms with E-state index in [9.17, 15) is 14.7 Å². The Morgan fingerprint density at radius 2 is 1.81 bits per heavy atom. The van der Waals surface area contributed by atoms with Gasteiger partial charge in [-0.15, -0.1) is 0 Å². The number of carboxylic acid groups (broad SMARTS) is 1. The van der Waals surface area contributed by atoms with Crippen LogP contribution in [-0.2, 0) is 16.0 Å². The summed E-state index contributed by atoms with van der Waals surface area (Å²) in [6.07, 6.45) is 4.02. The molecule has 3 aromatic rings. The molecule has 0 unspecified atom stereocenters. The first-order valence-electron chi connectivity index (χ1n) is 12.5. The number of nitrogens with one attached hydrogen (secondary N) is 1. The molecule has 0 saturated heterocycles. The predicted octanol–water partition coefficient (Wildman–Crippen LogP) is 5.51. The number of carboxylic acids is 1. The standard InChI is InChI=1S/C27H32N4O5/c1-16-8-13-19-21(30(16)27(34)36-3)14-15-22-24(19)29-26(28-20-6-4-5-7-23(20)35-2)31(22)18-11-9-17(10-12-18)25(32)33/h4-7,14-18H,8-13H2,1-3H3,(H,28,29)(H,32,33)/t16-,17-,18-/m0/s1. The lowest BCUT2D eigenvalue weighted by atomic mass is 9.86. The molecule has 1 aliphatic heterocycles. The third-order valence-corrected chi connectivity index (χ3v) is 7.59. The van der Waals surface area contributed by atoms with Gasteiger partial charge >= 0.3 is 12.1 Å². The van der Waals surface area contributed by atoms with Crippen LogP contribution in [0.25, 0.3) is 11.0 Å². The molecule has 1 fully saturated rings. The summed E-state index contributed by atoms with van der Waals surface area (Å²) >= 11 is 0. The Bertz CT molecular complexity index is 1290. The Hall–Kier alpha value is -3.75. The highest BCUT2D eigenvalue weighted by Gasteiger charge is 2.34. The van der Waals surface area contributed by atoms with E-state index in [0.29, 0.717) is 24.5 Å². The first-order valence-corrected chi connectivity index (χ1v) is 12.5. The molecule has 36 heavy (non-hydrogen) atoms. The van der Waals surface area contributed by atoms with Crippen molar-refractivity contribution in [2.75, 3.05) is 24.4 Å². The molecule has 2 aliphatic rings. The number of nitrogens with zero attached hydrogens (tertiary/aromatic N) is 3. The summed E-state index contributed by atoms with van der Waals surface area (Å²) in [7, 11) is 3.04. The Morgan fingerprint density at radius 1 is 1.06 bits per heavy atom. The highest BCUT2D eigenvalue weighted by molar-refractivity contribution is 5.96. The van der Waals surface area contributed by atoms with Crippen LogP contribution in [0.5, 0.6) is 5.75 Å². The van der Waals surface area contributed by atoms with Gasteiger partial charge in [-0.05, 0) is 69.7 Å². The first-order chi connectivity index (χ1) is 17.4. The van der Waals surface area contributed by atoms with E-state index in [0.717, 1.165) is 53.7 Å². The molecule has 1 amide bonds. The number of hydrogen-bond acceptors (Lipinski definition) is 6. The molecule has 1 saturated carbocycles. The smallest absolute Gasteiger partial charge is 0.414 e. The van der Waals surface area contributed by atoms with E-state index < -0.39 is 5.97 Å². The molecule has 1 aliphatic carbocycles. The van der Waals surface area contributed by atoms with Crippen molar-refractivity contribution >= 4 is 40.4 Å². The highest BCUT2D eigenvalue weighted by Crippen LogP contribution is 2.42. The quantitative estimate of drug-likeness (QED) is 0.484. The van der Waals surface area contributed by atoms with Crippen LogP contribution in [0.4, 0.5) is 22.1 Å². The minimum absolute atomic E-state index is 0.0296. The fraction of sp³-hybridized carbons (Fsp3) is 0.444. The largest absolute Gasteiger partial charge is 0.495 e. The number of imidazole rings is 1. The predicted molar refractivity (Wildman–Crippen MR) is 137 cm³/mol. The summed E-state index contributed by atoms with van der Waals surface area (Å²) in [5.74, 6) is 0.371. The van der Waals surface area contributed by atoms with E-state index in [4.69, 9.17) is 14.5 Å². The monoisotopic (exact) mass is 492 g/mol. The van der Waals surface area contributed by atoms with Gasteiger partial charge in [-0.25, -0.2) is 9.78 Å². The van der Waals surface area contributed by atoms with Crippen molar-refractivity contribution in [2.45, 2.75) is 57.5 Å². The maximum atomic E-state index is 12.6. The zero-order valence-electron chi connectivity index (χ0n) is 20.9. The lowest BCUT2D eigenvalue weighted by molar-refractivity contribution is -0.143. The van der Waals surface area contributed by atoms with E-state index in [1.165, 1.54) is 7.11 Å². The van der Waals surface area contributed by atoms with Crippen molar-refractivity contribution in [3.8, 4) is 5.75 Å². The fourth-order valence-electron chi connectivity index (χ4n) is 5.68. The lowest BCUT2D eigenvalue weighted by Crippen LogP contribution is -2.42. The van der Waals surface area contributed by atoms with Gasteiger partial charge in [-0.3, -0.25) is 9.69 Å². The van der Waals surface area contributed by atoms with Crippen LogP contribution in [0.1, 0.15) is 50.6 Å². The third kappa shape index (κ3) is 4.12. The third-order valence-electron chi connectivity index (χ3n) is 7.59. The van der Waals surface area contributed by atoms with Crippen molar-refractivity contribution in [3.05, 3.63) is 42.0 Å². The van der Waals surface area contributed by atoms with Crippen LogP contribution in [0, 0.1) is 5.92 Å². The number of methoxy groups -OCH3 is 2. The molecule has 1 aromatic heterocycles. The zero-order chi connectivity index (χ0) is 25.4. The van der Waals surface area contributed by atoms with Crippen LogP contribution in [-0.4, -0.2) is 47.0 Å². The summed E-state index contributed by atoms with van der Waals surface area (Å²) < 4.78 is 12.8. The van der Waals surface area contributed by atoms with Gasteiger partial charge < -0.3 is 24.5 Å². The van der Waals surface area contributed by atoms with Crippen LogP contribution in [0.3, 0.4) is 0 Å². The number of benzene rings is 2. The number of fused-ring (bicyclic) bond motifs is 3. The maximum absolute atomic E-state index is 12.6. The number of carbonyl (C=O) groups excluding carboxylic acids is 1. The van der Waals surface area contributed by atoms with Gasteiger partial charge in [0.05, 0.1) is 42.5 Å². The number of anilines is 3. The molecule has 0 bridgehead atoms. The second-order valence-electron chi connectivity index (χ2n) is 9.63. The Morgan fingerprint density at radius 3 is 2.50 bits per heavy atom. The van der Waals surface area contributed by atoms with E-state index in [2.05, 4.69) is 9.88 Å². The molecule has 5 rings (SSSR count). The van der Waals surface area contributed by atoms with Crippen molar-refractivity contribution in [1.82, 2.24) is 9.55 Å². The van der Waals surface area contributed by atoms with Gasteiger partial charge in [-0.1, -0.05) is 12.1 Å². The summed E-state index contributed by atoms with van der Waals surface area (Å²) in [5.41, 5.74) is 4.48. The van der Waals surface area contributed by atoms with E-state index in [-0.39, 0.29) is 24.1 Å². The van der Waals surface area contributed by atoms with Gasteiger partial charge in [0, 0.05) is 17.6 Å². The molecule has 9 nitrogen and oxygen atoms in total. The van der Waals surface area contributed by atoms with Crippen LogP contribution in [0.2, 0.25) is 0 Å². The van der Waals surface area contributed by atoms with Crippen molar-refractivity contribution in [1.29, 1.82) is 0 Å². The number of rotatable bonds is 5. The molecule has 0 spiro atoms. The minimum Gasteiger partial charge on any atom is -0.495 e. The van der Waals surface area contributed by atoms with Crippen LogP contribution >= 0.6 is 0 Å². The topological polar surface area (TPSA) is 106 Å². The summed E-state index contributed by atoms with van der Waals surface area (Å²) in [6.45, 7) is 2.03. The van der Waals surface area contributed by atoms with Gasteiger partial charge in [0.15, 0.2) is 0 Å². The number of ether oxygens (including phenoxy) is 2. The van der Waals surface area contributed by atoms with Gasteiger partial charge in [0.2, 0.25) is 5.95 Å². The molecule has 0 radical (unpaired) electrons. The summed E-state index contributed by atoms with van der Waals surface area (Å²) in [5, 5.41) is 13.0. The molecular formula is C27H32N4O5. The number of aliphatic carboxylic acids is 1. The lowest BCUT2D eigenvalue weighted by Gasteiger charge is -2.34. The number of aryl methyl sites for hydroxylation is 1. The molecule has 2 aromatic carbocycles. The zero-order valence-corrected chi connectivity index (χ0v) is 20.9. The van der Waals surface area contributed by atoms with Crippen molar-refractivity contribution in [2.24, 2.45) is 5.92 Å². The molecule has 2 heterocycles. The molecular weight excluding hydrogens is 460 g/mol. The Labute approximate surface area is 210 Å². The normalized spacial score (nSPS) is 21.6. The molecule has 2 N–H and O–H groups in total. The van der Waals surface area contributed by atoms with Crippen LogP contribution < -0.4 is 15.0 Å². The second kappa shape index (κ2) is 9.72. The van der Waals surface area contributed by atoms with E-state index in [1.807, 2.05) is 43.3 Å². The van der Waals surface area contributed by atoms with E-state index >= 15 is 0 Å².